The van der Waals surface area contributed by atoms with Crippen LogP contribution in [0.3, 0.4) is 0 Å². The van der Waals surface area contributed by atoms with Gasteiger partial charge in [0.15, 0.2) is 0 Å². The molecular formula is C13H17ClN2. The molecule has 0 radical (unpaired) electrons. The van der Waals surface area contributed by atoms with Crippen LogP contribution in [0.15, 0.2) is 18.2 Å². The molecule has 2 aliphatic rings. The minimum absolute atomic E-state index is 0.270. The average Bonchev–Trinajstić information content (AvgIpc) is 2.29. The third-order valence-electron chi connectivity index (χ3n) is 3.90. The molecule has 3 rings (SSSR count). The molecule has 16 heavy (non-hydrogen) atoms. The van der Waals surface area contributed by atoms with E-state index >= 15 is 0 Å². The predicted octanol–water partition coefficient (Wildman–Crippen LogP) is 2.36. The van der Waals surface area contributed by atoms with Gasteiger partial charge in [-0.05, 0) is 43.0 Å². The third-order valence-corrected chi connectivity index (χ3v) is 4.26. The lowest BCUT2D eigenvalue weighted by atomic mass is 9.84. The van der Waals surface area contributed by atoms with E-state index < -0.39 is 0 Å². The number of halogens is 1. The van der Waals surface area contributed by atoms with E-state index in [0.717, 1.165) is 24.4 Å². The minimum atomic E-state index is 0.270. The first-order chi connectivity index (χ1) is 7.77. The molecule has 2 heterocycles. The smallest absolute Gasteiger partial charge is 0.0502 e. The van der Waals surface area contributed by atoms with Crippen molar-refractivity contribution in [3.05, 3.63) is 34.3 Å². The number of hydrogen-bond donors (Lipinski definition) is 1. The van der Waals surface area contributed by atoms with Crippen LogP contribution in [0, 0.1) is 0 Å². The van der Waals surface area contributed by atoms with Crippen molar-refractivity contribution in [3.8, 4) is 0 Å². The standard InChI is InChI=1S/C13H17ClN2/c14-11-4-1-3-10-9(11)6-8-16-7-2-5-12(15)13(10)16/h1,3-4,12-13H,2,5-8,15H2. The van der Waals surface area contributed by atoms with Gasteiger partial charge in [0, 0.05) is 17.6 Å². The lowest BCUT2D eigenvalue weighted by Crippen LogP contribution is -2.49. The third kappa shape index (κ3) is 1.56. The van der Waals surface area contributed by atoms with E-state index in [1.165, 1.54) is 24.1 Å². The summed E-state index contributed by atoms with van der Waals surface area (Å²) in [5.41, 5.74) is 8.96. The normalized spacial score (nSPS) is 29.6. The Morgan fingerprint density at radius 1 is 1.31 bits per heavy atom. The highest BCUT2D eigenvalue weighted by Crippen LogP contribution is 2.38. The van der Waals surface area contributed by atoms with Crippen LogP contribution in [-0.4, -0.2) is 24.0 Å². The van der Waals surface area contributed by atoms with Crippen molar-refractivity contribution < 1.29 is 0 Å². The Morgan fingerprint density at radius 3 is 3.06 bits per heavy atom. The van der Waals surface area contributed by atoms with Gasteiger partial charge in [-0.1, -0.05) is 23.7 Å². The molecule has 2 aliphatic heterocycles. The van der Waals surface area contributed by atoms with E-state index in [0.29, 0.717) is 6.04 Å². The summed E-state index contributed by atoms with van der Waals surface area (Å²) in [6.07, 6.45) is 3.43. The quantitative estimate of drug-likeness (QED) is 0.750. The van der Waals surface area contributed by atoms with Crippen LogP contribution in [0.25, 0.3) is 0 Å². The fraction of sp³-hybridized carbons (Fsp3) is 0.538. The maximum absolute atomic E-state index is 6.27. The topological polar surface area (TPSA) is 29.3 Å². The van der Waals surface area contributed by atoms with Crippen molar-refractivity contribution in [2.24, 2.45) is 5.73 Å². The first-order valence-electron chi connectivity index (χ1n) is 6.04. The zero-order valence-corrected chi connectivity index (χ0v) is 10.1. The highest BCUT2D eigenvalue weighted by molar-refractivity contribution is 6.31. The van der Waals surface area contributed by atoms with Gasteiger partial charge < -0.3 is 5.73 Å². The maximum atomic E-state index is 6.27. The number of piperidine rings is 1. The molecule has 1 aromatic rings. The number of benzene rings is 1. The lowest BCUT2D eigenvalue weighted by Gasteiger charge is -2.44. The van der Waals surface area contributed by atoms with Crippen LogP contribution in [-0.2, 0) is 6.42 Å². The summed E-state index contributed by atoms with van der Waals surface area (Å²) in [6.45, 7) is 2.29. The molecule has 0 saturated carbocycles. The van der Waals surface area contributed by atoms with Gasteiger partial charge in [-0.3, -0.25) is 4.90 Å². The Balaban J connectivity index is 2.06. The van der Waals surface area contributed by atoms with Gasteiger partial charge in [0.2, 0.25) is 0 Å². The van der Waals surface area contributed by atoms with E-state index in [-0.39, 0.29) is 6.04 Å². The molecule has 0 aromatic heterocycles. The van der Waals surface area contributed by atoms with Gasteiger partial charge in [-0.15, -0.1) is 0 Å². The monoisotopic (exact) mass is 236 g/mol. The number of fused-ring (bicyclic) bond motifs is 3. The summed E-state index contributed by atoms with van der Waals surface area (Å²) in [6, 6.07) is 6.90. The molecule has 1 aromatic carbocycles. The molecule has 3 heteroatoms. The molecule has 0 bridgehead atoms. The van der Waals surface area contributed by atoms with E-state index in [1.54, 1.807) is 0 Å². The van der Waals surface area contributed by atoms with Crippen molar-refractivity contribution >= 4 is 11.6 Å². The second kappa shape index (κ2) is 4.02. The Hall–Kier alpha value is -0.570. The summed E-state index contributed by atoms with van der Waals surface area (Å²) in [5, 5.41) is 0.912. The second-order valence-corrected chi connectivity index (χ2v) is 5.25. The number of hydrogen-bond acceptors (Lipinski definition) is 2. The van der Waals surface area contributed by atoms with Gasteiger partial charge in [0.05, 0.1) is 6.04 Å². The number of nitrogens with two attached hydrogens (primary N) is 1. The van der Waals surface area contributed by atoms with Gasteiger partial charge >= 0.3 is 0 Å². The van der Waals surface area contributed by atoms with Crippen molar-refractivity contribution in [2.45, 2.75) is 31.3 Å². The molecule has 2 nitrogen and oxygen atoms in total. The highest BCUT2D eigenvalue weighted by atomic mass is 35.5. The van der Waals surface area contributed by atoms with Crippen LogP contribution in [0.4, 0.5) is 0 Å². The largest absolute Gasteiger partial charge is 0.326 e. The lowest BCUT2D eigenvalue weighted by molar-refractivity contribution is 0.119. The molecule has 2 N–H and O–H groups in total. The predicted molar refractivity (Wildman–Crippen MR) is 66.7 cm³/mol. The second-order valence-electron chi connectivity index (χ2n) is 4.84. The first kappa shape index (κ1) is 10.6. The molecule has 2 atom stereocenters. The van der Waals surface area contributed by atoms with Gasteiger partial charge in [-0.2, -0.15) is 0 Å². The average molecular weight is 237 g/mol. The van der Waals surface area contributed by atoms with Crippen LogP contribution >= 0.6 is 11.6 Å². The maximum Gasteiger partial charge on any atom is 0.0502 e. The van der Waals surface area contributed by atoms with Gasteiger partial charge in [0.1, 0.15) is 0 Å². The summed E-state index contributed by atoms with van der Waals surface area (Å²) >= 11 is 6.26. The number of rotatable bonds is 0. The molecular weight excluding hydrogens is 220 g/mol. The highest BCUT2D eigenvalue weighted by Gasteiger charge is 2.34. The van der Waals surface area contributed by atoms with Gasteiger partial charge in [-0.25, -0.2) is 0 Å². The molecule has 86 valence electrons. The van der Waals surface area contributed by atoms with E-state index in [4.69, 9.17) is 17.3 Å². The molecule has 2 unspecified atom stereocenters. The molecule has 0 aliphatic carbocycles. The van der Waals surface area contributed by atoms with Crippen molar-refractivity contribution in [2.75, 3.05) is 13.1 Å². The molecule has 1 saturated heterocycles. The van der Waals surface area contributed by atoms with E-state index in [1.807, 2.05) is 12.1 Å². The van der Waals surface area contributed by atoms with Crippen molar-refractivity contribution in [1.29, 1.82) is 0 Å². The van der Waals surface area contributed by atoms with Crippen molar-refractivity contribution in [3.63, 3.8) is 0 Å². The fourth-order valence-electron chi connectivity index (χ4n) is 3.15. The van der Waals surface area contributed by atoms with Crippen LogP contribution in [0.2, 0.25) is 5.02 Å². The fourth-order valence-corrected chi connectivity index (χ4v) is 3.42. The van der Waals surface area contributed by atoms with Crippen LogP contribution in [0.5, 0.6) is 0 Å². The van der Waals surface area contributed by atoms with Crippen LogP contribution < -0.4 is 5.73 Å². The Morgan fingerprint density at radius 2 is 2.19 bits per heavy atom. The minimum Gasteiger partial charge on any atom is -0.326 e. The number of nitrogens with zero attached hydrogens (tertiary/aromatic N) is 1. The summed E-state index contributed by atoms with van der Waals surface area (Å²) < 4.78 is 0. The Bertz CT molecular complexity index is 405. The van der Waals surface area contributed by atoms with Gasteiger partial charge in [0.25, 0.3) is 0 Å². The first-order valence-corrected chi connectivity index (χ1v) is 6.42. The van der Waals surface area contributed by atoms with Crippen molar-refractivity contribution in [1.82, 2.24) is 4.90 Å². The summed E-state index contributed by atoms with van der Waals surface area (Å²) in [5.74, 6) is 0. The summed E-state index contributed by atoms with van der Waals surface area (Å²) in [7, 11) is 0. The summed E-state index contributed by atoms with van der Waals surface area (Å²) in [4.78, 5) is 2.52. The molecule has 0 spiro atoms. The van der Waals surface area contributed by atoms with E-state index in [9.17, 15) is 0 Å². The molecule has 0 amide bonds. The Kier molecular flexibility index (Phi) is 2.66. The van der Waals surface area contributed by atoms with Crippen LogP contribution in [0.1, 0.15) is 30.0 Å². The Labute approximate surface area is 101 Å². The SMILES string of the molecule is NC1CCCN2CCc3c(Cl)cccc3C12. The molecule has 1 fully saturated rings. The van der Waals surface area contributed by atoms with E-state index in [2.05, 4.69) is 11.0 Å². The zero-order chi connectivity index (χ0) is 11.1. The zero-order valence-electron chi connectivity index (χ0n) is 9.32.